The number of nitrogens with one attached hydrogen (secondary N) is 2. The fourth-order valence-electron chi connectivity index (χ4n) is 4.11. The van der Waals surface area contributed by atoms with Gasteiger partial charge in [-0.25, -0.2) is 13.1 Å². The maximum atomic E-state index is 13.2. The van der Waals surface area contributed by atoms with Gasteiger partial charge in [-0.2, -0.15) is 0 Å². The van der Waals surface area contributed by atoms with Gasteiger partial charge in [-0.1, -0.05) is 19.8 Å². The Labute approximate surface area is 194 Å². The number of benzene rings is 1. The molecular weight excluding hydrogens is 446 g/mol. The van der Waals surface area contributed by atoms with Crippen LogP contribution in [0.4, 0.5) is 0 Å². The summed E-state index contributed by atoms with van der Waals surface area (Å²) in [5, 5.41) is 2.83. The first kappa shape index (κ1) is 24.8. The van der Waals surface area contributed by atoms with E-state index in [9.17, 15) is 18.0 Å². The Balaban J connectivity index is 1.70. The predicted molar refractivity (Wildman–Crippen MR) is 122 cm³/mol. The lowest BCUT2D eigenvalue weighted by molar-refractivity contribution is -0.142. The number of carbonyl (C=O) groups excluding carboxylic acids is 2. The van der Waals surface area contributed by atoms with Gasteiger partial charge in [0.15, 0.2) is 0 Å². The summed E-state index contributed by atoms with van der Waals surface area (Å²) in [5.74, 6) is 0.444. The summed E-state index contributed by atoms with van der Waals surface area (Å²) in [4.78, 5) is 27.8. The van der Waals surface area contributed by atoms with Crippen molar-refractivity contribution in [3.63, 3.8) is 0 Å². The number of hydrogen-bond donors (Lipinski definition) is 2. The molecule has 0 bridgehead atoms. The number of amides is 2. The summed E-state index contributed by atoms with van der Waals surface area (Å²) >= 11 is 0. The molecule has 1 heterocycles. The van der Waals surface area contributed by atoms with E-state index in [2.05, 4.69) is 10.0 Å². The lowest BCUT2D eigenvalue weighted by atomic mass is 10.1. The molecule has 9 nitrogen and oxygen atoms in total. The third kappa shape index (κ3) is 6.35. The molecule has 33 heavy (non-hydrogen) atoms. The minimum absolute atomic E-state index is 0.0340. The molecule has 1 aromatic heterocycles. The Morgan fingerprint density at radius 1 is 1.18 bits per heavy atom. The largest absolute Gasteiger partial charge is 0.497 e. The van der Waals surface area contributed by atoms with Crippen molar-refractivity contribution in [1.82, 2.24) is 14.9 Å². The molecule has 1 saturated carbocycles. The molecule has 1 aromatic carbocycles. The van der Waals surface area contributed by atoms with Crippen molar-refractivity contribution in [1.29, 1.82) is 0 Å². The van der Waals surface area contributed by atoms with E-state index < -0.39 is 28.5 Å². The van der Waals surface area contributed by atoms with Crippen molar-refractivity contribution in [3.05, 3.63) is 48.4 Å². The maximum absolute atomic E-state index is 13.2. The molecule has 2 aromatic rings. The van der Waals surface area contributed by atoms with Crippen molar-refractivity contribution in [3.8, 4) is 5.75 Å². The van der Waals surface area contributed by atoms with Crippen LogP contribution in [0.2, 0.25) is 0 Å². The summed E-state index contributed by atoms with van der Waals surface area (Å²) in [6.45, 7) is 1.64. The molecule has 10 heteroatoms. The average molecular weight is 478 g/mol. The van der Waals surface area contributed by atoms with Gasteiger partial charge in [0.2, 0.25) is 21.8 Å². The molecule has 1 unspecified atom stereocenters. The third-order valence-electron chi connectivity index (χ3n) is 5.83. The predicted octanol–water partition coefficient (Wildman–Crippen LogP) is 2.43. The highest BCUT2D eigenvalue weighted by Crippen LogP contribution is 2.26. The lowest BCUT2D eigenvalue weighted by Gasteiger charge is -2.35. The van der Waals surface area contributed by atoms with E-state index in [0.29, 0.717) is 17.9 Å². The molecule has 1 aliphatic carbocycles. The molecule has 0 saturated heterocycles. The molecule has 0 spiro atoms. The lowest BCUT2D eigenvalue weighted by Crippen LogP contribution is -2.55. The highest BCUT2D eigenvalue weighted by Gasteiger charge is 2.35. The van der Waals surface area contributed by atoms with Gasteiger partial charge in [-0.15, -0.1) is 0 Å². The Kier molecular flexibility index (Phi) is 8.51. The molecular formula is C23H31N3O6S. The number of furan rings is 1. The van der Waals surface area contributed by atoms with Gasteiger partial charge in [0.05, 0.1) is 31.4 Å². The van der Waals surface area contributed by atoms with E-state index >= 15 is 0 Å². The van der Waals surface area contributed by atoms with Crippen LogP contribution in [0.25, 0.3) is 0 Å². The number of ether oxygens (including phenoxy) is 1. The second kappa shape index (κ2) is 11.3. The van der Waals surface area contributed by atoms with E-state index in [0.717, 1.165) is 25.7 Å². The molecule has 0 aliphatic heterocycles. The van der Waals surface area contributed by atoms with E-state index in [-0.39, 0.29) is 23.4 Å². The Bertz CT molecular complexity index is 1010. The molecule has 1 fully saturated rings. The number of hydrogen-bond acceptors (Lipinski definition) is 6. The maximum Gasteiger partial charge on any atom is 0.243 e. The van der Waals surface area contributed by atoms with Crippen molar-refractivity contribution >= 4 is 21.8 Å². The summed E-state index contributed by atoms with van der Waals surface area (Å²) in [5.41, 5.74) is 0. The zero-order valence-electron chi connectivity index (χ0n) is 19.0. The summed E-state index contributed by atoms with van der Waals surface area (Å²) in [6, 6.07) is 8.62. The first-order chi connectivity index (χ1) is 15.9. The summed E-state index contributed by atoms with van der Waals surface area (Å²) in [6.07, 6.45) is 5.46. The molecule has 1 aliphatic rings. The molecule has 1 atom stereocenters. The van der Waals surface area contributed by atoms with Crippen molar-refractivity contribution in [2.75, 3.05) is 13.7 Å². The van der Waals surface area contributed by atoms with Gasteiger partial charge in [0, 0.05) is 6.04 Å². The van der Waals surface area contributed by atoms with Gasteiger partial charge < -0.3 is 19.4 Å². The van der Waals surface area contributed by atoms with Crippen LogP contribution in [-0.2, 0) is 26.2 Å². The number of rotatable bonds is 11. The molecule has 2 N–H and O–H groups in total. The summed E-state index contributed by atoms with van der Waals surface area (Å²) in [7, 11) is -2.40. The van der Waals surface area contributed by atoms with Crippen LogP contribution >= 0.6 is 0 Å². The fraction of sp³-hybridized carbons (Fsp3) is 0.478. The van der Waals surface area contributed by atoms with Crippen molar-refractivity contribution in [2.24, 2.45) is 0 Å². The topological polar surface area (TPSA) is 118 Å². The number of nitrogens with zero attached hydrogens (tertiary/aromatic N) is 1. The highest BCUT2D eigenvalue weighted by atomic mass is 32.2. The molecule has 3 rings (SSSR count). The molecule has 180 valence electrons. The van der Waals surface area contributed by atoms with Crippen LogP contribution in [0.15, 0.2) is 52.0 Å². The standard InChI is InChI=1S/C23H31N3O6S/c1-3-21(23(28)24-15-19-9-6-14-32-19)26(17-7-4-5-8-17)22(27)16-25-33(29,30)20-12-10-18(31-2)11-13-20/h6,9-14,17,21,25H,3-5,7-8,15-16H2,1-2H3,(H,24,28). The monoisotopic (exact) mass is 477 g/mol. The van der Waals surface area contributed by atoms with Gasteiger partial charge in [0.1, 0.15) is 17.6 Å². The normalized spacial score (nSPS) is 15.2. The minimum Gasteiger partial charge on any atom is -0.497 e. The Morgan fingerprint density at radius 3 is 2.45 bits per heavy atom. The van der Waals surface area contributed by atoms with Crippen molar-refractivity contribution in [2.45, 2.75) is 62.6 Å². The van der Waals surface area contributed by atoms with Crippen LogP contribution in [-0.4, -0.2) is 50.9 Å². The van der Waals surface area contributed by atoms with Gasteiger partial charge >= 0.3 is 0 Å². The van der Waals surface area contributed by atoms with E-state index in [4.69, 9.17) is 9.15 Å². The molecule has 0 radical (unpaired) electrons. The number of sulfonamides is 1. The Morgan fingerprint density at radius 2 is 1.88 bits per heavy atom. The quantitative estimate of drug-likeness (QED) is 0.513. The number of carbonyl (C=O) groups is 2. The highest BCUT2D eigenvalue weighted by molar-refractivity contribution is 7.89. The first-order valence-electron chi connectivity index (χ1n) is 11.1. The fourth-order valence-corrected chi connectivity index (χ4v) is 5.09. The minimum atomic E-state index is -3.90. The Hall–Kier alpha value is -2.85. The van der Waals surface area contributed by atoms with Crippen LogP contribution in [0.5, 0.6) is 5.75 Å². The second-order valence-electron chi connectivity index (χ2n) is 7.96. The number of methoxy groups -OCH3 is 1. The molecule has 2 amide bonds. The van der Waals surface area contributed by atoms with E-state index in [1.807, 2.05) is 6.92 Å². The van der Waals surface area contributed by atoms with Crippen LogP contribution in [0.3, 0.4) is 0 Å². The van der Waals surface area contributed by atoms with E-state index in [1.165, 1.54) is 37.6 Å². The van der Waals surface area contributed by atoms with Crippen LogP contribution in [0.1, 0.15) is 44.8 Å². The van der Waals surface area contributed by atoms with Gasteiger partial charge in [-0.3, -0.25) is 9.59 Å². The van der Waals surface area contributed by atoms with Crippen LogP contribution in [0, 0.1) is 0 Å². The van der Waals surface area contributed by atoms with Gasteiger partial charge in [-0.05, 0) is 55.7 Å². The average Bonchev–Trinajstić information content (AvgIpc) is 3.54. The zero-order valence-corrected chi connectivity index (χ0v) is 19.8. The van der Waals surface area contributed by atoms with Gasteiger partial charge in [0.25, 0.3) is 0 Å². The zero-order chi connectivity index (χ0) is 23.8. The third-order valence-corrected chi connectivity index (χ3v) is 7.25. The van der Waals surface area contributed by atoms with Crippen LogP contribution < -0.4 is 14.8 Å². The first-order valence-corrected chi connectivity index (χ1v) is 12.6. The second-order valence-corrected chi connectivity index (χ2v) is 9.73. The SMILES string of the molecule is CCC(C(=O)NCc1ccco1)N(C(=O)CNS(=O)(=O)c1ccc(OC)cc1)C1CCCC1. The summed E-state index contributed by atoms with van der Waals surface area (Å²) < 4.78 is 38.0. The van der Waals surface area contributed by atoms with E-state index in [1.54, 1.807) is 17.0 Å². The van der Waals surface area contributed by atoms with Crippen molar-refractivity contribution < 1.29 is 27.2 Å². The smallest absolute Gasteiger partial charge is 0.243 e.